The Labute approximate surface area is 115 Å². The van der Waals surface area contributed by atoms with Crippen LogP contribution in [0.25, 0.3) is 0 Å². The van der Waals surface area contributed by atoms with E-state index in [-0.39, 0.29) is 12.0 Å². The molecule has 0 fully saturated rings. The Bertz CT molecular complexity index is 421. The van der Waals surface area contributed by atoms with Crippen LogP contribution in [0.2, 0.25) is 0 Å². The molecular formula is C15H24N2O2. The van der Waals surface area contributed by atoms with Gasteiger partial charge in [-0.3, -0.25) is 0 Å². The zero-order valence-corrected chi connectivity index (χ0v) is 11.8. The highest BCUT2D eigenvalue weighted by Gasteiger charge is 2.23. The van der Waals surface area contributed by atoms with Gasteiger partial charge >= 0.3 is 0 Å². The summed E-state index contributed by atoms with van der Waals surface area (Å²) in [5.74, 6) is 2.33. The zero-order chi connectivity index (χ0) is 13.8. The molecule has 1 aliphatic heterocycles. The van der Waals surface area contributed by atoms with Crippen molar-refractivity contribution in [3.8, 4) is 11.5 Å². The summed E-state index contributed by atoms with van der Waals surface area (Å²) in [5.41, 5.74) is 13.2. The van der Waals surface area contributed by atoms with Gasteiger partial charge in [-0.15, -0.1) is 0 Å². The van der Waals surface area contributed by atoms with Crippen molar-refractivity contribution in [1.29, 1.82) is 0 Å². The van der Waals surface area contributed by atoms with Gasteiger partial charge < -0.3 is 20.9 Å². The lowest BCUT2D eigenvalue weighted by Crippen LogP contribution is -2.31. The second-order valence-electron chi connectivity index (χ2n) is 5.43. The van der Waals surface area contributed by atoms with E-state index in [9.17, 15) is 0 Å². The highest BCUT2D eigenvalue weighted by atomic mass is 16.5. The van der Waals surface area contributed by atoms with Crippen LogP contribution in [0.4, 0.5) is 0 Å². The molecule has 1 aromatic carbocycles. The van der Waals surface area contributed by atoms with Crippen molar-refractivity contribution in [1.82, 2.24) is 0 Å². The molecule has 0 saturated carbocycles. The highest BCUT2D eigenvalue weighted by Crippen LogP contribution is 2.34. The Kier molecular flexibility index (Phi) is 4.66. The van der Waals surface area contributed by atoms with Gasteiger partial charge in [-0.2, -0.15) is 0 Å². The van der Waals surface area contributed by atoms with Crippen molar-refractivity contribution in [2.75, 3.05) is 19.8 Å². The predicted molar refractivity (Wildman–Crippen MR) is 76.4 cm³/mol. The minimum atomic E-state index is -0.0675. The van der Waals surface area contributed by atoms with Gasteiger partial charge in [0.15, 0.2) is 11.5 Å². The van der Waals surface area contributed by atoms with Gasteiger partial charge in [0, 0.05) is 12.5 Å². The number of fused-ring (bicyclic) bond motifs is 1. The van der Waals surface area contributed by atoms with Crippen LogP contribution < -0.4 is 20.9 Å². The molecule has 0 saturated heterocycles. The maximum Gasteiger partial charge on any atom is 0.161 e. The van der Waals surface area contributed by atoms with Gasteiger partial charge in [0.25, 0.3) is 0 Å². The average Bonchev–Trinajstić information content (AvgIpc) is 2.63. The van der Waals surface area contributed by atoms with Gasteiger partial charge in [-0.05, 0) is 36.1 Å². The van der Waals surface area contributed by atoms with Crippen LogP contribution in [-0.4, -0.2) is 19.8 Å². The van der Waals surface area contributed by atoms with Crippen molar-refractivity contribution in [3.63, 3.8) is 0 Å². The maximum absolute atomic E-state index is 6.35. The van der Waals surface area contributed by atoms with Crippen molar-refractivity contribution >= 4 is 0 Å². The van der Waals surface area contributed by atoms with E-state index in [0.717, 1.165) is 23.5 Å². The highest BCUT2D eigenvalue weighted by molar-refractivity contribution is 5.44. The van der Waals surface area contributed by atoms with Gasteiger partial charge in [0.2, 0.25) is 0 Å². The quantitative estimate of drug-likeness (QED) is 0.873. The summed E-state index contributed by atoms with van der Waals surface area (Å²) >= 11 is 0. The number of hydrogen-bond acceptors (Lipinski definition) is 4. The Morgan fingerprint density at radius 2 is 1.84 bits per heavy atom. The second kappa shape index (κ2) is 6.26. The third-order valence-corrected chi connectivity index (χ3v) is 3.75. The number of rotatable bonds is 4. The first-order valence-electron chi connectivity index (χ1n) is 6.98. The molecule has 0 aromatic heterocycles. The van der Waals surface area contributed by atoms with Gasteiger partial charge in [0.1, 0.15) is 0 Å². The Morgan fingerprint density at radius 3 is 2.47 bits per heavy atom. The summed E-state index contributed by atoms with van der Waals surface area (Å²) in [5, 5.41) is 0. The van der Waals surface area contributed by atoms with E-state index in [1.54, 1.807) is 0 Å². The first-order valence-corrected chi connectivity index (χ1v) is 6.98. The molecule has 1 aliphatic rings. The molecule has 0 bridgehead atoms. The molecule has 106 valence electrons. The van der Waals surface area contributed by atoms with Crippen molar-refractivity contribution in [2.45, 2.75) is 26.3 Å². The molecule has 19 heavy (non-hydrogen) atoms. The normalized spacial score (nSPS) is 17.9. The monoisotopic (exact) mass is 264 g/mol. The molecule has 0 aliphatic carbocycles. The summed E-state index contributed by atoms with van der Waals surface area (Å²) in [4.78, 5) is 0. The second-order valence-corrected chi connectivity index (χ2v) is 5.43. The van der Waals surface area contributed by atoms with Crippen molar-refractivity contribution in [3.05, 3.63) is 23.8 Å². The van der Waals surface area contributed by atoms with E-state index >= 15 is 0 Å². The van der Waals surface area contributed by atoms with Crippen molar-refractivity contribution in [2.24, 2.45) is 23.3 Å². The molecule has 4 heteroatoms. The van der Waals surface area contributed by atoms with Gasteiger partial charge in [0.05, 0.1) is 13.2 Å². The van der Waals surface area contributed by atoms with Crippen LogP contribution in [0, 0.1) is 11.8 Å². The van der Waals surface area contributed by atoms with Crippen LogP contribution in [0.1, 0.15) is 31.9 Å². The zero-order valence-electron chi connectivity index (χ0n) is 11.8. The predicted octanol–water partition coefficient (Wildman–Crippen LogP) is 2.08. The first kappa shape index (κ1) is 14.2. The lowest BCUT2D eigenvalue weighted by atomic mass is 9.85. The maximum atomic E-state index is 6.35. The van der Waals surface area contributed by atoms with E-state index in [4.69, 9.17) is 20.9 Å². The lowest BCUT2D eigenvalue weighted by Gasteiger charge is -2.26. The number of nitrogens with two attached hydrogens (primary N) is 2. The fraction of sp³-hybridized carbons (Fsp3) is 0.600. The smallest absolute Gasteiger partial charge is 0.161 e. The molecule has 4 N–H and O–H groups in total. The molecule has 0 radical (unpaired) electrons. The number of hydrogen-bond donors (Lipinski definition) is 2. The molecular weight excluding hydrogens is 240 g/mol. The van der Waals surface area contributed by atoms with Crippen LogP contribution >= 0.6 is 0 Å². The third-order valence-electron chi connectivity index (χ3n) is 3.75. The molecule has 0 spiro atoms. The van der Waals surface area contributed by atoms with Crippen LogP contribution in [0.15, 0.2) is 18.2 Å². The summed E-state index contributed by atoms with van der Waals surface area (Å²) < 4.78 is 11.3. The molecule has 2 atom stereocenters. The number of benzene rings is 1. The third kappa shape index (κ3) is 3.19. The Morgan fingerprint density at radius 1 is 1.16 bits per heavy atom. The minimum Gasteiger partial charge on any atom is -0.490 e. The average molecular weight is 264 g/mol. The Balaban J connectivity index is 2.23. The lowest BCUT2D eigenvalue weighted by molar-refractivity contribution is 0.296. The fourth-order valence-corrected chi connectivity index (χ4v) is 2.47. The topological polar surface area (TPSA) is 70.5 Å². The van der Waals surface area contributed by atoms with Crippen LogP contribution in [0.3, 0.4) is 0 Å². The first-order chi connectivity index (χ1) is 9.13. The van der Waals surface area contributed by atoms with E-state index in [1.807, 2.05) is 18.2 Å². The van der Waals surface area contributed by atoms with E-state index in [2.05, 4.69) is 13.8 Å². The molecule has 1 aromatic rings. The summed E-state index contributed by atoms with van der Waals surface area (Å²) in [6.07, 6.45) is 0.910. The van der Waals surface area contributed by atoms with Crippen LogP contribution in [0.5, 0.6) is 11.5 Å². The molecule has 2 rings (SSSR count). The number of ether oxygens (including phenoxy) is 2. The summed E-state index contributed by atoms with van der Waals surface area (Å²) in [7, 11) is 0. The van der Waals surface area contributed by atoms with Gasteiger partial charge in [-0.1, -0.05) is 19.9 Å². The largest absolute Gasteiger partial charge is 0.490 e. The van der Waals surface area contributed by atoms with E-state index in [1.165, 1.54) is 0 Å². The summed E-state index contributed by atoms with van der Waals surface area (Å²) in [6.45, 7) is 6.29. The molecule has 0 amide bonds. The Hall–Kier alpha value is -1.26. The standard InChI is InChI=1S/C15H24N2O2/c1-10(2)12(9-16)15(17)11-4-5-13-14(8-11)19-7-3-6-18-13/h4-5,8,10,12,15H,3,6-7,9,16-17H2,1-2H3. The van der Waals surface area contributed by atoms with E-state index < -0.39 is 0 Å². The van der Waals surface area contributed by atoms with Gasteiger partial charge in [-0.25, -0.2) is 0 Å². The molecule has 1 heterocycles. The SMILES string of the molecule is CC(C)C(CN)C(N)c1ccc2c(c1)OCCCO2. The molecule has 2 unspecified atom stereocenters. The van der Waals surface area contributed by atoms with Crippen LogP contribution in [-0.2, 0) is 0 Å². The van der Waals surface area contributed by atoms with Crippen molar-refractivity contribution < 1.29 is 9.47 Å². The minimum absolute atomic E-state index is 0.0675. The fourth-order valence-electron chi connectivity index (χ4n) is 2.47. The molecule has 4 nitrogen and oxygen atoms in total. The van der Waals surface area contributed by atoms with E-state index in [0.29, 0.717) is 25.7 Å². The summed E-state index contributed by atoms with van der Waals surface area (Å²) in [6, 6.07) is 5.89.